The number of hydrogen-bond donors (Lipinski definition) is 1. The maximum atomic E-state index is 12.4. The molecule has 0 spiro atoms. The van der Waals surface area contributed by atoms with Crippen LogP contribution in [0.5, 0.6) is 5.75 Å². The summed E-state index contributed by atoms with van der Waals surface area (Å²) in [5.41, 5.74) is 2.30. The standard InChI is InChI=1S/C21H25ClN2O2/c1-2-26-19-11-7-17(8-12-19)20-4-3-13-24(20)15-21(25)23-14-16-5-9-18(22)10-6-16/h5-12,20H,2-4,13-15H2,1H3,(H,23,25). The van der Waals surface area contributed by atoms with Gasteiger partial charge in [-0.25, -0.2) is 0 Å². The Labute approximate surface area is 160 Å². The molecule has 5 heteroatoms. The van der Waals surface area contributed by atoms with E-state index < -0.39 is 0 Å². The molecule has 0 saturated carbocycles. The van der Waals surface area contributed by atoms with Crippen LogP contribution in [-0.2, 0) is 11.3 Å². The number of halogens is 1. The van der Waals surface area contributed by atoms with Gasteiger partial charge in [0.05, 0.1) is 13.2 Å². The summed E-state index contributed by atoms with van der Waals surface area (Å²) >= 11 is 5.89. The summed E-state index contributed by atoms with van der Waals surface area (Å²) in [6, 6.07) is 16.1. The molecule has 1 aliphatic rings. The molecule has 0 bridgehead atoms. The molecule has 2 aromatic rings. The molecule has 1 unspecified atom stereocenters. The monoisotopic (exact) mass is 372 g/mol. The predicted molar refractivity (Wildman–Crippen MR) is 104 cm³/mol. The van der Waals surface area contributed by atoms with E-state index >= 15 is 0 Å². The maximum Gasteiger partial charge on any atom is 0.234 e. The van der Waals surface area contributed by atoms with Crippen LogP contribution in [0.15, 0.2) is 48.5 Å². The summed E-state index contributed by atoms with van der Waals surface area (Å²) in [4.78, 5) is 14.6. The SMILES string of the molecule is CCOc1ccc(C2CCCN2CC(=O)NCc2ccc(Cl)cc2)cc1. The Morgan fingerprint density at radius 2 is 1.92 bits per heavy atom. The van der Waals surface area contributed by atoms with Crippen LogP contribution < -0.4 is 10.1 Å². The van der Waals surface area contributed by atoms with Gasteiger partial charge in [0.25, 0.3) is 0 Å². The molecule has 4 nitrogen and oxygen atoms in total. The Balaban J connectivity index is 1.54. The van der Waals surface area contributed by atoms with Gasteiger partial charge >= 0.3 is 0 Å². The van der Waals surface area contributed by atoms with E-state index in [1.807, 2.05) is 43.3 Å². The number of amides is 1. The second-order valence-corrected chi connectivity index (χ2v) is 6.97. The molecule has 1 heterocycles. The highest BCUT2D eigenvalue weighted by Gasteiger charge is 2.27. The molecule has 1 aliphatic heterocycles. The van der Waals surface area contributed by atoms with Crippen LogP contribution in [0.1, 0.15) is 36.9 Å². The van der Waals surface area contributed by atoms with Gasteiger partial charge in [0.15, 0.2) is 0 Å². The first-order chi connectivity index (χ1) is 12.7. The van der Waals surface area contributed by atoms with Gasteiger partial charge in [-0.2, -0.15) is 0 Å². The Bertz CT molecular complexity index is 716. The highest BCUT2D eigenvalue weighted by Crippen LogP contribution is 2.32. The minimum atomic E-state index is 0.0535. The van der Waals surface area contributed by atoms with Crippen LogP contribution in [-0.4, -0.2) is 30.5 Å². The number of carbonyl (C=O) groups excluding carboxylic acids is 1. The first kappa shape index (κ1) is 18.7. The van der Waals surface area contributed by atoms with Gasteiger partial charge in [0, 0.05) is 17.6 Å². The lowest BCUT2D eigenvalue weighted by Gasteiger charge is -2.24. The molecule has 1 atom stereocenters. The summed E-state index contributed by atoms with van der Waals surface area (Å²) in [7, 11) is 0. The largest absolute Gasteiger partial charge is 0.494 e. The smallest absolute Gasteiger partial charge is 0.234 e. The number of hydrogen-bond acceptors (Lipinski definition) is 3. The van der Waals surface area contributed by atoms with Crippen LogP contribution >= 0.6 is 11.6 Å². The summed E-state index contributed by atoms with van der Waals surface area (Å²) in [6.45, 7) is 4.55. The van der Waals surface area contributed by atoms with Gasteiger partial charge in [-0.3, -0.25) is 9.69 Å². The van der Waals surface area contributed by atoms with Crippen LogP contribution in [0.25, 0.3) is 0 Å². The topological polar surface area (TPSA) is 41.6 Å². The summed E-state index contributed by atoms with van der Waals surface area (Å²) in [6.07, 6.45) is 2.20. The normalized spacial score (nSPS) is 17.2. The Morgan fingerprint density at radius 1 is 1.19 bits per heavy atom. The molecule has 2 aromatic carbocycles. The average Bonchev–Trinajstić information content (AvgIpc) is 3.10. The average molecular weight is 373 g/mol. The fourth-order valence-corrected chi connectivity index (χ4v) is 3.51. The van der Waals surface area contributed by atoms with Crippen molar-refractivity contribution in [3.63, 3.8) is 0 Å². The number of likely N-dealkylation sites (tertiary alicyclic amines) is 1. The molecule has 1 saturated heterocycles. The van der Waals surface area contributed by atoms with Crippen molar-refractivity contribution in [3.8, 4) is 5.75 Å². The zero-order valence-corrected chi connectivity index (χ0v) is 15.8. The molecule has 0 radical (unpaired) electrons. The number of benzene rings is 2. The second-order valence-electron chi connectivity index (χ2n) is 6.53. The number of nitrogens with zero attached hydrogens (tertiary/aromatic N) is 1. The van der Waals surface area contributed by atoms with E-state index in [0.717, 1.165) is 30.7 Å². The van der Waals surface area contributed by atoms with Gasteiger partial charge in [-0.05, 0) is 61.7 Å². The number of carbonyl (C=O) groups is 1. The minimum absolute atomic E-state index is 0.0535. The summed E-state index contributed by atoms with van der Waals surface area (Å²) < 4.78 is 5.51. The van der Waals surface area contributed by atoms with Crippen molar-refractivity contribution in [1.29, 1.82) is 0 Å². The van der Waals surface area contributed by atoms with Gasteiger partial charge in [-0.1, -0.05) is 35.9 Å². The molecule has 26 heavy (non-hydrogen) atoms. The predicted octanol–water partition coefficient (Wildman–Crippen LogP) is 4.19. The molecule has 1 fully saturated rings. The lowest BCUT2D eigenvalue weighted by atomic mass is 10.0. The zero-order valence-electron chi connectivity index (χ0n) is 15.1. The highest BCUT2D eigenvalue weighted by molar-refractivity contribution is 6.30. The van der Waals surface area contributed by atoms with Crippen LogP contribution in [0, 0.1) is 0 Å². The first-order valence-electron chi connectivity index (χ1n) is 9.13. The van der Waals surface area contributed by atoms with E-state index in [0.29, 0.717) is 30.8 Å². The Morgan fingerprint density at radius 3 is 2.62 bits per heavy atom. The molecule has 0 aliphatic carbocycles. The number of ether oxygens (including phenoxy) is 1. The van der Waals surface area contributed by atoms with E-state index in [1.54, 1.807) is 0 Å². The van der Waals surface area contributed by atoms with Crippen molar-refractivity contribution >= 4 is 17.5 Å². The van der Waals surface area contributed by atoms with E-state index in [2.05, 4.69) is 22.3 Å². The van der Waals surface area contributed by atoms with Crippen LogP contribution in [0.3, 0.4) is 0 Å². The molecule has 1 amide bonds. The Kier molecular flexibility index (Phi) is 6.53. The van der Waals surface area contributed by atoms with Gasteiger partial charge in [0.1, 0.15) is 5.75 Å². The quantitative estimate of drug-likeness (QED) is 0.792. The van der Waals surface area contributed by atoms with Crippen molar-refractivity contribution in [2.45, 2.75) is 32.4 Å². The van der Waals surface area contributed by atoms with E-state index in [9.17, 15) is 4.79 Å². The third kappa shape index (κ3) is 4.99. The lowest BCUT2D eigenvalue weighted by molar-refractivity contribution is -0.122. The lowest BCUT2D eigenvalue weighted by Crippen LogP contribution is -2.36. The van der Waals surface area contributed by atoms with Crippen molar-refractivity contribution in [3.05, 3.63) is 64.7 Å². The molecular weight excluding hydrogens is 348 g/mol. The molecule has 1 N–H and O–H groups in total. The molecule has 0 aromatic heterocycles. The molecule has 138 valence electrons. The zero-order chi connectivity index (χ0) is 18.4. The van der Waals surface area contributed by atoms with Crippen molar-refractivity contribution in [2.24, 2.45) is 0 Å². The minimum Gasteiger partial charge on any atom is -0.494 e. The molecule has 3 rings (SSSR count). The first-order valence-corrected chi connectivity index (χ1v) is 9.51. The van der Waals surface area contributed by atoms with Crippen LogP contribution in [0.4, 0.5) is 0 Å². The Hall–Kier alpha value is -2.04. The second kappa shape index (κ2) is 9.06. The molecular formula is C21H25ClN2O2. The number of rotatable bonds is 7. The maximum absolute atomic E-state index is 12.4. The van der Waals surface area contributed by atoms with Gasteiger partial charge in [0.2, 0.25) is 5.91 Å². The van der Waals surface area contributed by atoms with Crippen LogP contribution in [0.2, 0.25) is 5.02 Å². The summed E-state index contributed by atoms with van der Waals surface area (Å²) in [5.74, 6) is 0.944. The number of nitrogens with one attached hydrogen (secondary N) is 1. The van der Waals surface area contributed by atoms with E-state index in [4.69, 9.17) is 16.3 Å². The van der Waals surface area contributed by atoms with Crippen molar-refractivity contribution in [1.82, 2.24) is 10.2 Å². The fourth-order valence-electron chi connectivity index (χ4n) is 3.39. The highest BCUT2D eigenvalue weighted by atomic mass is 35.5. The van der Waals surface area contributed by atoms with E-state index in [1.165, 1.54) is 5.56 Å². The summed E-state index contributed by atoms with van der Waals surface area (Å²) in [5, 5.41) is 3.70. The fraction of sp³-hybridized carbons (Fsp3) is 0.381. The van der Waals surface area contributed by atoms with E-state index in [-0.39, 0.29) is 5.91 Å². The third-order valence-electron chi connectivity index (χ3n) is 4.69. The van der Waals surface area contributed by atoms with Crippen molar-refractivity contribution < 1.29 is 9.53 Å². The van der Waals surface area contributed by atoms with Gasteiger partial charge < -0.3 is 10.1 Å². The van der Waals surface area contributed by atoms with Gasteiger partial charge in [-0.15, -0.1) is 0 Å². The third-order valence-corrected chi connectivity index (χ3v) is 4.94. The van der Waals surface area contributed by atoms with Crippen molar-refractivity contribution in [2.75, 3.05) is 19.7 Å².